The molecule has 0 saturated carbocycles. The Morgan fingerprint density at radius 2 is 2.05 bits per heavy atom. The number of amides is 1. The van der Waals surface area contributed by atoms with Gasteiger partial charge >= 0.3 is 0 Å². The van der Waals surface area contributed by atoms with Gasteiger partial charge in [-0.1, -0.05) is 0 Å². The molecule has 1 amide bonds. The number of nitrogens with zero attached hydrogens (tertiary/aromatic N) is 2. The summed E-state index contributed by atoms with van der Waals surface area (Å²) in [5.74, 6) is 0.183. The molecule has 22 heavy (non-hydrogen) atoms. The lowest BCUT2D eigenvalue weighted by Crippen LogP contribution is -2.59. The third kappa shape index (κ3) is 4.26. The molecular formula is C14H23Cl2N3O2S. The SMILES string of the molecule is C[C@H]1OCCN[C@@H]1C(=O)N1CCN(c2cccs2)CC1.Cl.Cl. The number of hydrogen-bond donors (Lipinski definition) is 1. The Morgan fingerprint density at radius 3 is 2.64 bits per heavy atom. The van der Waals surface area contributed by atoms with Crippen molar-refractivity contribution in [2.45, 2.75) is 19.1 Å². The van der Waals surface area contributed by atoms with Crippen LogP contribution in [0.3, 0.4) is 0 Å². The molecule has 1 aromatic heterocycles. The Morgan fingerprint density at radius 1 is 1.32 bits per heavy atom. The minimum absolute atomic E-state index is 0. The van der Waals surface area contributed by atoms with Gasteiger partial charge in [-0.15, -0.1) is 36.2 Å². The zero-order chi connectivity index (χ0) is 13.9. The van der Waals surface area contributed by atoms with Gasteiger partial charge < -0.3 is 19.9 Å². The van der Waals surface area contributed by atoms with E-state index in [0.717, 1.165) is 32.7 Å². The second-order valence-corrected chi connectivity index (χ2v) is 6.20. The Kier molecular flexibility index (Phi) is 7.93. The number of carbonyl (C=O) groups excluding carboxylic acids is 1. The molecule has 2 saturated heterocycles. The molecule has 0 spiro atoms. The fraction of sp³-hybridized carbons (Fsp3) is 0.643. The van der Waals surface area contributed by atoms with Crippen LogP contribution >= 0.6 is 36.2 Å². The number of morpholine rings is 1. The predicted octanol–water partition coefficient (Wildman–Crippen LogP) is 1.62. The lowest BCUT2D eigenvalue weighted by Gasteiger charge is -2.39. The van der Waals surface area contributed by atoms with Crippen molar-refractivity contribution in [1.82, 2.24) is 10.2 Å². The average molecular weight is 368 g/mol. The second-order valence-electron chi connectivity index (χ2n) is 5.27. The fourth-order valence-corrected chi connectivity index (χ4v) is 3.59. The molecule has 0 unspecified atom stereocenters. The summed E-state index contributed by atoms with van der Waals surface area (Å²) in [4.78, 5) is 16.8. The van der Waals surface area contributed by atoms with Crippen molar-refractivity contribution in [2.75, 3.05) is 44.2 Å². The van der Waals surface area contributed by atoms with Crippen LogP contribution < -0.4 is 10.2 Å². The number of halogens is 2. The molecule has 5 nitrogen and oxygen atoms in total. The van der Waals surface area contributed by atoms with Crippen LogP contribution in [0.1, 0.15) is 6.92 Å². The summed E-state index contributed by atoms with van der Waals surface area (Å²) in [6.45, 7) is 6.83. The topological polar surface area (TPSA) is 44.8 Å². The zero-order valence-corrected chi connectivity index (χ0v) is 15.0. The first-order valence-corrected chi connectivity index (χ1v) is 8.06. The Balaban J connectivity index is 0.00000121. The van der Waals surface area contributed by atoms with Gasteiger partial charge in [0.25, 0.3) is 0 Å². The lowest BCUT2D eigenvalue weighted by molar-refractivity contribution is -0.139. The van der Waals surface area contributed by atoms with E-state index in [1.165, 1.54) is 5.00 Å². The summed E-state index contributed by atoms with van der Waals surface area (Å²) in [5.41, 5.74) is 0. The predicted molar refractivity (Wildman–Crippen MR) is 94.8 cm³/mol. The van der Waals surface area contributed by atoms with Crippen LogP contribution in [-0.4, -0.2) is 62.3 Å². The minimum atomic E-state index is -0.183. The molecule has 1 aromatic rings. The molecule has 3 rings (SSSR count). The maximum atomic E-state index is 12.5. The normalized spacial score (nSPS) is 25.1. The number of nitrogens with one attached hydrogen (secondary N) is 1. The molecule has 2 atom stereocenters. The first-order chi connectivity index (χ1) is 9.75. The van der Waals surface area contributed by atoms with E-state index in [1.54, 1.807) is 11.3 Å². The van der Waals surface area contributed by atoms with Crippen LogP contribution in [0.2, 0.25) is 0 Å². The van der Waals surface area contributed by atoms with E-state index < -0.39 is 0 Å². The average Bonchev–Trinajstić information content (AvgIpc) is 3.01. The van der Waals surface area contributed by atoms with E-state index >= 15 is 0 Å². The molecule has 0 aliphatic carbocycles. The summed E-state index contributed by atoms with van der Waals surface area (Å²) in [7, 11) is 0. The Labute approximate surface area is 147 Å². The highest BCUT2D eigenvalue weighted by molar-refractivity contribution is 7.14. The summed E-state index contributed by atoms with van der Waals surface area (Å²) < 4.78 is 5.56. The highest BCUT2D eigenvalue weighted by atomic mass is 35.5. The molecule has 2 aliphatic rings. The Bertz CT molecular complexity index is 453. The maximum absolute atomic E-state index is 12.5. The monoisotopic (exact) mass is 367 g/mol. The number of piperazine rings is 1. The van der Waals surface area contributed by atoms with Crippen LogP contribution in [0.25, 0.3) is 0 Å². The molecule has 1 N–H and O–H groups in total. The summed E-state index contributed by atoms with van der Waals surface area (Å²) in [5, 5.41) is 6.67. The van der Waals surface area contributed by atoms with Crippen molar-refractivity contribution in [3.8, 4) is 0 Å². The largest absolute Gasteiger partial charge is 0.375 e. The van der Waals surface area contributed by atoms with Crippen LogP contribution in [0.15, 0.2) is 17.5 Å². The van der Waals surface area contributed by atoms with Crippen LogP contribution in [0.4, 0.5) is 5.00 Å². The lowest BCUT2D eigenvalue weighted by atomic mass is 10.1. The zero-order valence-electron chi connectivity index (χ0n) is 12.6. The van der Waals surface area contributed by atoms with Crippen LogP contribution in [0.5, 0.6) is 0 Å². The van der Waals surface area contributed by atoms with Gasteiger partial charge in [0, 0.05) is 32.7 Å². The van der Waals surface area contributed by atoms with Crippen molar-refractivity contribution in [3.63, 3.8) is 0 Å². The van der Waals surface area contributed by atoms with Crippen molar-refractivity contribution < 1.29 is 9.53 Å². The van der Waals surface area contributed by atoms with Gasteiger partial charge in [0.15, 0.2) is 0 Å². The van der Waals surface area contributed by atoms with E-state index in [0.29, 0.717) is 6.61 Å². The van der Waals surface area contributed by atoms with Gasteiger partial charge in [0.1, 0.15) is 6.04 Å². The number of carbonyl (C=O) groups is 1. The van der Waals surface area contributed by atoms with Crippen molar-refractivity contribution in [1.29, 1.82) is 0 Å². The third-order valence-electron chi connectivity index (χ3n) is 3.99. The van der Waals surface area contributed by atoms with E-state index in [-0.39, 0.29) is 42.9 Å². The summed E-state index contributed by atoms with van der Waals surface area (Å²) in [6.07, 6.45) is -0.0356. The molecule has 0 bridgehead atoms. The molecule has 8 heteroatoms. The first kappa shape index (κ1) is 19.5. The maximum Gasteiger partial charge on any atom is 0.242 e. The molecular weight excluding hydrogens is 345 g/mol. The first-order valence-electron chi connectivity index (χ1n) is 7.18. The van der Waals surface area contributed by atoms with E-state index in [9.17, 15) is 4.79 Å². The van der Waals surface area contributed by atoms with E-state index in [2.05, 4.69) is 27.7 Å². The van der Waals surface area contributed by atoms with Crippen molar-refractivity contribution in [2.24, 2.45) is 0 Å². The number of thiophene rings is 1. The summed E-state index contributed by atoms with van der Waals surface area (Å²) >= 11 is 1.76. The van der Waals surface area contributed by atoms with Crippen LogP contribution in [-0.2, 0) is 9.53 Å². The van der Waals surface area contributed by atoms with Gasteiger partial charge in [0.2, 0.25) is 5.91 Å². The van der Waals surface area contributed by atoms with Crippen LogP contribution in [0, 0.1) is 0 Å². The van der Waals surface area contributed by atoms with Crippen molar-refractivity contribution in [3.05, 3.63) is 17.5 Å². The molecule has 2 aliphatic heterocycles. The van der Waals surface area contributed by atoms with Gasteiger partial charge in [0.05, 0.1) is 17.7 Å². The summed E-state index contributed by atoms with van der Waals surface area (Å²) in [6, 6.07) is 4.03. The third-order valence-corrected chi connectivity index (χ3v) is 4.92. The second kappa shape index (κ2) is 8.93. The van der Waals surface area contributed by atoms with E-state index in [4.69, 9.17) is 4.74 Å². The van der Waals surface area contributed by atoms with E-state index in [1.807, 2.05) is 11.8 Å². The number of hydrogen-bond acceptors (Lipinski definition) is 5. The smallest absolute Gasteiger partial charge is 0.242 e. The minimum Gasteiger partial charge on any atom is -0.375 e. The standard InChI is InChI=1S/C14H21N3O2S.2ClH/c1-11-13(15-4-9-19-11)14(18)17-7-5-16(6-8-17)12-3-2-10-20-12;;/h2-3,10-11,13,15H,4-9H2,1H3;2*1H/t11-,13+;;/m1../s1. The number of anilines is 1. The van der Waals surface area contributed by atoms with Crippen molar-refractivity contribution >= 4 is 47.1 Å². The highest BCUT2D eigenvalue weighted by Gasteiger charge is 2.33. The van der Waals surface area contributed by atoms with Gasteiger partial charge in [-0.3, -0.25) is 4.79 Å². The van der Waals surface area contributed by atoms with Gasteiger partial charge in [-0.05, 0) is 24.4 Å². The molecule has 126 valence electrons. The quantitative estimate of drug-likeness (QED) is 0.862. The Hall–Kier alpha value is -0.530. The fourth-order valence-electron chi connectivity index (χ4n) is 2.80. The highest BCUT2D eigenvalue weighted by Crippen LogP contribution is 2.22. The van der Waals surface area contributed by atoms with Gasteiger partial charge in [-0.25, -0.2) is 0 Å². The molecule has 0 radical (unpaired) electrons. The van der Waals surface area contributed by atoms with Gasteiger partial charge in [-0.2, -0.15) is 0 Å². The molecule has 3 heterocycles. The number of ether oxygens (including phenoxy) is 1. The molecule has 0 aromatic carbocycles. The number of rotatable bonds is 2. The molecule has 2 fully saturated rings.